The fourth-order valence-corrected chi connectivity index (χ4v) is 8.61. The van der Waals surface area contributed by atoms with Crippen molar-refractivity contribution < 1.29 is 9.90 Å². The van der Waals surface area contributed by atoms with Crippen LogP contribution < -0.4 is 0 Å². The van der Waals surface area contributed by atoms with Gasteiger partial charge in [-0.1, -0.05) is 13.3 Å². The van der Waals surface area contributed by atoms with E-state index in [2.05, 4.69) is 18.1 Å². The van der Waals surface area contributed by atoms with Crippen molar-refractivity contribution in [2.24, 2.45) is 40.9 Å². The van der Waals surface area contributed by atoms with Crippen molar-refractivity contribution in [3.05, 3.63) is 18.0 Å². The van der Waals surface area contributed by atoms with E-state index in [1.54, 1.807) is 17.1 Å². The molecule has 1 aromatic heterocycles. The molecule has 0 amide bonds. The number of aromatic nitrogens is 2. The number of rotatable bonds is 3. The van der Waals surface area contributed by atoms with Gasteiger partial charge in [0.05, 0.1) is 23.9 Å². The molecule has 4 fully saturated rings. The van der Waals surface area contributed by atoms with E-state index in [1.807, 2.05) is 6.92 Å². The molecule has 0 aromatic carbocycles. The van der Waals surface area contributed by atoms with Gasteiger partial charge in [-0.15, -0.1) is 0 Å². The van der Waals surface area contributed by atoms with Crippen LogP contribution in [0.2, 0.25) is 0 Å². The largest absolute Gasteiger partial charge is 0.390 e. The molecule has 0 unspecified atom stereocenters. The highest BCUT2D eigenvalue weighted by Crippen LogP contribution is 2.61. The SMILES string of the molecule is C[C@@]1(O)CC[C@H]2[C@H](CC[C@@H]3[C@@H]2CC[C@]2(C)C[C@@H](C(=O)Cn4cc(C#N)cn4)CCC[C@@H]32)C1. The quantitative estimate of drug-likeness (QED) is 0.711. The van der Waals surface area contributed by atoms with Gasteiger partial charge in [0.25, 0.3) is 0 Å². The zero-order chi connectivity index (χ0) is 22.5. The van der Waals surface area contributed by atoms with E-state index in [0.29, 0.717) is 17.9 Å². The number of carbonyl (C=O) groups is 1. The van der Waals surface area contributed by atoms with Gasteiger partial charge in [0, 0.05) is 12.1 Å². The summed E-state index contributed by atoms with van der Waals surface area (Å²) < 4.78 is 1.64. The Morgan fingerprint density at radius 3 is 2.72 bits per heavy atom. The van der Waals surface area contributed by atoms with Crippen LogP contribution in [0.15, 0.2) is 12.4 Å². The maximum absolute atomic E-state index is 13.2. The number of nitrogens with zero attached hydrogens (tertiary/aromatic N) is 3. The molecule has 5 rings (SSSR count). The Labute approximate surface area is 192 Å². The molecule has 0 spiro atoms. The summed E-state index contributed by atoms with van der Waals surface area (Å²) in [6.45, 7) is 4.82. The molecule has 174 valence electrons. The molecule has 5 nitrogen and oxygen atoms in total. The van der Waals surface area contributed by atoms with Crippen LogP contribution in [0.25, 0.3) is 0 Å². The van der Waals surface area contributed by atoms with Crippen LogP contribution in [0.5, 0.6) is 0 Å². The minimum absolute atomic E-state index is 0.123. The van der Waals surface area contributed by atoms with Crippen LogP contribution in [-0.4, -0.2) is 26.3 Å². The average Bonchev–Trinajstić information content (AvgIpc) is 3.12. The van der Waals surface area contributed by atoms with Gasteiger partial charge in [-0.25, -0.2) is 0 Å². The number of hydrogen-bond acceptors (Lipinski definition) is 4. The van der Waals surface area contributed by atoms with Crippen LogP contribution in [0.3, 0.4) is 0 Å². The first kappa shape index (κ1) is 22.1. The summed E-state index contributed by atoms with van der Waals surface area (Å²) in [6, 6.07) is 2.10. The van der Waals surface area contributed by atoms with Crippen LogP contribution in [-0.2, 0) is 11.3 Å². The van der Waals surface area contributed by atoms with E-state index in [1.165, 1.54) is 38.5 Å². The number of ketones is 1. The third kappa shape index (κ3) is 4.04. The highest BCUT2D eigenvalue weighted by Gasteiger charge is 2.54. The van der Waals surface area contributed by atoms with E-state index in [9.17, 15) is 9.90 Å². The molecule has 4 aliphatic rings. The van der Waals surface area contributed by atoms with Crippen molar-refractivity contribution in [2.75, 3.05) is 0 Å². The Morgan fingerprint density at radius 2 is 1.94 bits per heavy atom. The summed E-state index contributed by atoms with van der Waals surface area (Å²) in [4.78, 5) is 13.2. The first-order valence-corrected chi connectivity index (χ1v) is 13.0. The van der Waals surface area contributed by atoms with Gasteiger partial charge in [-0.05, 0) is 106 Å². The number of Topliss-reactive ketones (excluding diaryl/α,β-unsaturated/α-hetero) is 1. The lowest BCUT2D eigenvalue weighted by atomic mass is 9.48. The lowest BCUT2D eigenvalue weighted by Crippen LogP contribution is -2.50. The summed E-state index contributed by atoms with van der Waals surface area (Å²) in [5.41, 5.74) is 0.339. The molecular formula is C27H39N3O2. The van der Waals surface area contributed by atoms with Crippen molar-refractivity contribution in [2.45, 2.75) is 96.6 Å². The Bertz CT molecular complexity index is 899. The molecule has 4 saturated carbocycles. The average molecular weight is 438 g/mol. The fraction of sp³-hybridized carbons (Fsp3) is 0.815. The second kappa shape index (κ2) is 8.28. The maximum atomic E-state index is 13.2. The summed E-state index contributed by atoms with van der Waals surface area (Å²) in [5.74, 6) is 4.35. The van der Waals surface area contributed by atoms with Crippen molar-refractivity contribution >= 4 is 5.78 Å². The van der Waals surface area contributed by atoms with Gasteiger partial charge in [0.15, 0.2) is 5.78 Å². The zero-order valence-corrected chi connectivity index (χ0v) is 19.8. The van der Waals surface area contributed by atoms with Crippen molar-refractivity contribution in [3.63, 3.8) is 0 Å². The minimum Gasteiger partial charge on any atom is -0.390 e. The smallest absolute Gasteiger partial charge is 0.157 e. The van der Waals surface area contributed by atoms with Crippen molar-refractivity contribution in [1.29, 1.82) is 5.26 Å². The van der Waals surface area contributed by atoms with Gasteiger partial charge in [-0.2, -0.15) is 10.4 Å². The molecule has 0 saturated heterocycles. The van der Waals surface area contributed by atoms with Gasteiger partial charge in [-0.3, -0.25) is 9.48 Å². The lowest BCUT2D eigenvalue weighted by Gasteiger charge is -2.57. The fourth-order valence-electron chi connectivity index (χ4n) is 8.61. The predicted molar refractivity (Wildman–Crippen MR) is 122 cm³/mol. The molecule has 5 heteroatoms. The molecular weight excluding hydrogens is 398 g/mol. The van der Waals surface area contributed by atoms with Gasteiger partial charge in [0.2, 0.25) is 0 Å². The van der Waals surface area contributed by atoms with E-state index >= 15 is 0 Å². The first-order chi connectivity index (χ1) is 15.3. The second-order valence-corrected chi connectivity index (χ2v) is 12.2. The Hall–Kier alpha value is -1.67. The van der Waals surface area contributed by atoms with E-state index < -0.39 is 5.60 Å². The van der Waals surface area contributed by atoms with E-state index in [0.717, 1.165) is 61.7 Å². The molecule has 1 aromatic rings. The highest BCUT2D eigenvalue weighted by atomic mass is 16.3. The van der Waals surface area contributed by atoms with Crippen molar-refractivity contribution in [1.82, 2.24) is 9.78 Å². The molecule has 1 heterocycles. The topological polar surface area (TPSA) is 78.9 Å². The summed E-state index contributed by atoms with van der Waals surface area (Å²) in [5, 5.41) is 23.9. The monoisotopic (exact) mass is 437 g/mol. The van der Waals surface area contributed by atoms with Crippen LogP contribution in [0.1, 0.15) is 90.0 Å². The third-order valence-corrected chi connectivity index (χ3v) is 10.1. The zero-order valence-electron chi connectivity index (χ0n) is 19.8. The Balaban J connectivity index is 1.28. The van der Waals surface area contributed by atoms with Crippen LogP contribution in [0, 0.1) is 52.3 Å². The number of carbonyl (C=O) groups excluding carboxylic acids is 1. The number of hydrogen-bond donors (Lipinski definition) is 1. The molecule has 4 aliphatic carbocycles. The Morgan fingerprint density at radius 1 is 1.12 bits per heavy atom. The molecule has 1 N–H and O–H groups in total. The molecule has 0 aliphatic heterocycles. The number of aliphatic hydroxyl groups is 1. The third-order valence-electron chi connectivity index (χ3n) is 10.1. The first-order valence-electron chi connectivity index (χ1n) is 13.0. The molecule has 0 radical (unpaired) electrons. The second-order valence-electron chi connectivity index (χ2n) is 12.2. The van der Waals surface area contributed by atoms with Crippen LogP contribution in [0.4, 0.5) is 0 Å². The van der Waals surface area contributed by atoms with Gasteiger partial charge >= 0.3 is 0 Å². The Kier molecular flexibility index (Phi) is 5.73. The molecule has 8 atom stereocenters. The van der Waals surface area contributed by atoms with Gasteiger partial charge < -0.3 is 5.11 Å². The number of fused-ring (bicyclic) bond motifs is 5. The highest BCUT2D eigenvalue weighted by molar-refractivity contribution is 5.80. The summed E-state index contributed by atoms with van der Waals surface area (Å²) in [6.07, 6.45) is 16.0. The minimum atomic E-state index is -0.449. The molecule has 0 bridgehead atoms. The van der Waals surface area contributed by atoms with E-state index in [4.69, 9.17) is 5.26 Å². The molecule has 32 heavy (non-hydrogen) atoms. The maximum Gasteiger partial charge on any atom is 0.157 e. The predicted octanol–water partition coefficient (Wildman–Crippen LogP) is 5.12. The lowest BCUT2D eigenvalue weighted by molar-refractivity contribution is -0.127. The standard InChI is InChI=1S/C27H39N3O2/c1-26-10-8-22-21-9-11-27(2,32)13-19(21)6-7-23(22)24(26)5-3-4-20(12-26)25(31)17-30-16-18(14-28)15-29-30/h15-16,19-24,32H,3-13,17H2,1-2H3/t19-,20+,21+,22-,23-,24+,26-,27-/m1/s1. The normalized spacial score (nSPS) is 43.8. The van der Waals surface area contributed by atoms with Crippen LogP contribution >= 0.6 is 0 Å². The van der Waals surface area contributed by atoms with Gasteiger partial charge in [0.1, 0.15) is 6.07 Å². The summed E-state index contributed by atoms with van der Waals surface area (Å²) in [7, 11) is 0. The number of nitriles is 1. The van der Waals surface area contributed by atoms with E-state index in [-0.39, 0.29) is 11.3 Å². The van der Waals surface area contributed by atoms with Crippen molar-refractivity contribution in [3.8, 4) is 6.07 Å². The summed E-state index contributed by atoms with van der Waals surface area (Å²) >= 11 is 0.